The second kappa shape index (κ2) is 24.0. The molecule has 0 spiro atoms. The molecule has 0 saturated carbocycles. The molecule has 0 aliphatic carbocycles. The van der Waals surface area contributed by atoms with Crippen LogP contribution in [0.5, 0.6) is 5.75 Å². The van der Waals surface area contributed by atoms with E-state index in [4.69, 9.17) is 15.6 Å². The lowest BCUT2D eigenvalue weighted by Crippen LogP contribution is -2.18. The summed E-state index contributed by atoms with van der Waals surface area (Å²) in [6.45, 7) is 5.40. The highest BCUT2D eigenvalue weighted by Crippen LogP contribution is 2.37. The summed E-state index contributed by atoms with van der Waals surface area (Å²) < 4.78 is 24.0. The van der Waals surface area contributed by atoms with Gasteiger partial charge in [-0.25, -0.2) is 19.2 Å². The van der Waals surface area contributed by atoms with E-state index in [0.717, 1.165) is 40.4 Å². The van der Waals surface area contributed by atoms with E-state index >= 15 is 0 Å². The van der Waals surface area contributed by atoms with Crippen LogP contribution in [0.4, 0.5) is 34.1 Å². The van der Waals surface area contributed by atoms with Gasteiger partial charge >= 0.3 is 23.5 Å². The van der Waals surface area contributed by atoms with Crippen LogP contribution in [0.3, 0.4) is 0 Å². The van der Waals surface area contributed by atoms with E-state index in [1.165, 1.54) is 6.07 Å². The maximum absolute atomic E-state index is 12.3. The van der Waals surface area contributed by atoms with Gasteiger partial charge in [0.1, 0.15) is 29.3 Å². The molecular weight excluding hydrogens is 813 g/mol. The first-order chi connectivity index (χ1) is 31.2. The summed E-state index contributed by atoms with van der Waals surface area (Å²) in [7, 11) is 0. The van der Waals surface area contributed by atoms with Gasteiger partial charge in [0.15, 0.2) is 5.57 Å². The minimum atomic E-state index is -0.828. The Bertz CT molecular complexity index is 2630. The summed E-state index contributed by atoms with van der Waals surface area (Å²) in [5, 5.41) is 10.4. The smallest absolute Gasteiger partial charge is 0.351 e. The first-order valence-electron chi connectivity index (χ1n) is 20.2. The van der Waals surface area contributed by atoms with E-state index in [9.17, 15) is 24.3 Å². The number of aromatic hydroxyl groups is 1. The molecule has 0 amide bonds. The fourth-order valence-corrected chi connectivity index (χ4v) is 6.12. The van der Waals surface area contributed by atoms with Crippen LogP contribution in [0.25, 0.3) is 11.0 Å². The second-order valence-corrected chi connectivity index (χ2v) is 13.1. The van der Waals surface area contributed by atoms with Crippen LogP contribution in [0.15, 0.2) is 191 Å². The number of carbonyl (C=O) groups excluding carboxylic acids is 3. The lowest BCUT2D eigenvalue weighted by Gasteiger charge is -2.25. The number of carbonyl (C=O) groups is 3. The Balaban J connectivity index is 0.000000193. The van der Waals surface area contributed by atoms with E-state index in [-0.39, 0.29) is 36.7 Å². The fraction of sp³-hybridized carbons (Fsp3) is 0.115. The molecule has 6 aromatic carbocycles. The van der Waals surface area contributed by atoms with Crippen LogP contribution in [0.2, 0.25) is 0 Å². The lowest BCUT2D eigenvalue weighted by atomic mass is 10.1. The molecule has 0 bridgehead atoms. The average Bonchev–Trinajstić information content (AvgIpc) is 3.31. The number of phenols is 1. The summed E-state index contributed by atoms with van der Waals surface area (Å²) >= 11 is 0. The quantitative estimate of drug-likeness (QED) is 0.0172. The Hall–Kier alpha value is -8.56. The van der Waals surface area contributed by atoms with Crippen molar-refractivity contribution in [3.63, 3.8) is 0 Å². The van der Waals surface area contributed by atoms with Crippen molar-refractivity contribution in [1.29, 1.82) is 0 Å². The van der Waals surface area contributed by atoms with Crippen molar-refractivity contribution in [1.82, 2.24) is 0 Å². The maximum Gasteiger partial charge on any atom is 0.351 e. The molecule has 0 fully saturated rings. The number of fused-ring (bicyclic) bond motifs is 1. The van der Waals surface area contributed by atoms with Gasteiger partial charge in [-0.2, -0.15) is 0 Å². The molecule has 0 unspecified atom stereocenters. The molecule has 1 N–H and O–H groups in total. The number of anilines is 6. The Labute approximate surface area is 371 Å². The zero-order valence-electron chi connectivity index (χ0n) is 35.5. The first kappa shape index (κ1) is 46.5. The van der Waals surface area contributed by atoms with Gasteiger partial charge in [-0.3, -0.25) is 0 Å². The largest absolute Gasteiger partial charge is 0.508 e. The molecule has 1 aromatic heterocycles. The molecule has 1 heterocycles. The minimum Gasteiger partial charge on any atom is -0.508 e. The number of benzene rings is 6. The zero-order chi connectivity index (χ0) is 45.7. The SMILES string of the molecule is C#COC=C(C(=O)OCC)C(=O)OCC.CCOC(=O)c1cc2ccc(N(c3ccccc3)c3ccccc3)cc2oc1=O.Oc1cccc(N(c2ccccc2)c2ccccc2)c1. The number of hydrogen-bond donors (Lipinski definition) is 1. The van der Waals surface area contributed by atoms with E-state index in [1.54, 1.807) is 45.1 Å². The molecular formula is C52H46N2O10. The third kappa shape index (κ3) is 12.7. The molecule has 0 saturated heterocycles. The molecule has 7 aromatic rings. The van der Waals surface area contributed by atoms with Crippen molar-refractivity contribution in [2.45, 2.75) is 20.8 Å². The number of ether oxygens (including phenoxy) is 4. The van der Waals surface area contributed by atoms with Crippen LogP contribution in [-0.2, 0) is 28.5 Å². The normalized spacial score (nSPS) is 9.97. The van der Waals surface area contributed by atoms with Gasteiger partial charge in [0.05, 0.1) is 19.8 Å². The molecule has 0 aliphatic rings. The van der Waals surface area contributed by atoms with E-state index in [1.807, 2.05) is 121 Å². The summed E-state index contributed by atoms with van der Waals surface area (Å²) in [5.74, 6) is -2.07. The highest BCUT2D eigenvalue weighted by molar-refractivity contribution is 6.13. The van der Waals surface area contributed by atoms with E-state index in [0.29, 0.717) is 11.0 Å². The number of terminal acetylenes is 1. The molecule has 0 radical (unpaired) electrons. The van der Waals surface area contributed by atoms with Gasteiger partial charge in [0.25, 0.3) is 0 Å². The number of rotatable bonds is 13. The van der Waals surface area contributed by atoms with E-state index < -0.39 is 23.5 Å². The molecule has 64 heavy (non-hydrogen) atoms. The number of phenolic OH excluding ortho intramolecular Hbond substituents is 1. The third-order valence-corrected chi connectivity index (χ3v) is 8.85. The summed E-state index contributed by atoms with van der Waals surface area (Å²) in [4.78, 5) is 50.9. The van der Waals surface area contributed by atoms with Crippen LogP contribution < -0.4 is 15.4 Å². The van der Waals surface area contributed by atoms with Crippen molar-refractivity contribution in [3.8, 4) is 18.3 Å². The van der Waals surface area contributed by atoms with Crippen molar-refractivity contribution in [2.24, 2.45) is 0 Å². The number of hydrogen-bond acceptors (Lipinski definition) is 12. The van der Waals surface area contributed by atoms with Gasteiger partial charge in [0.2, 0.25) is 0 Å². The Morgan fingerprint density at radius 1 is 0.578 bits per heavy atom. The molecule has 0 aliphatic heterocycles. The van der Waals surface area contributed by atoms with Crippen molar-refractivity contribution in [2.75, 3.05) is 29.6 Å². The van der Waals surface area contributed by atoms with Crippen molar-refractivity contribution < 1.29 is 42.9 Å². The van der Waals surface area contributed by atoms with Gasteiger partial charge in [-0.05, 0) is 99.6 Å². The number of nitrogens with zero attached hydrogens (tertiary/aromatic N) is 2. The summed E-state index contributed by atoms with van der Waals surface area (Å²) in [6.07, 6.45) is 7.43. The van der Waals surface area contributed by atoms with Gasteiger partial charge < -0.3 is 38.3 Å². The van der Waals surface area contributed by atoms with Gasteiger partial charge in [-0.1, -0.05) is 85.3 Å². The van der Waals surface area contributed by atoms with Gasteiger partial charge in [-0.15, -0.1) is 0 Å². The zero-order valence-corrected chi connectivity index (χ0v) is 35.5. The average molecular weight is 859 g/mol. The lowest BCUT2D eigenvalue weighted by molar-refractivity contribution is -0.146. The molecule has 0 atom stereocenters. The monoisotopic (exact) mass is 858 g/mol. The predicted molar refractivity (Wildman–Crippen MR) is 247 cm³/mol. The first-order valence-corrected chi connectivity index (χ1v) is 20.2. The van der Waals surface area contributed by atoms with Crippen LogP contribution in [0, 0.1) is 12.5 Å². The summed E-state index contributed by atoms with van der Waals surface area (Å²) in [6, 6.07) is 54.4. The molecule has 324 valence electrons. The third-order valence-electron chi connectivity index (χ3n) is 8.85. The Morgan fingerprint density at radius 3 is 1.44 bits per heavy atom. The van der Waals surface area contributed by atoms with Crippen LogP contribution in [-0.4, -0.2) is 42.8 Å². The van der Waals surface area contributed by atoms with Crippen LogP contribution >= 0.6 is 0 Å². The minimum absolute atomic E-state index is 0.102. The van der Waals surface area contributed by atoms with E-state index in [2.05, 4.69) is 48.3 Å². The fourth-order valence-electron chi connectivity index (χ4n) is 6.12. The van der Waals surface area contributed by atoms with Gasteiger partial charge in [0, 0.05) is 51.6 Å². The molecule has 12 heteroatoms. The number of esters is 3. The number of para-hydroxylation sites is 4. The Morgan fingerprint density at radius 2 is 1.02 bits per heavy atom. The van der Waals surface area contributed by atoms with Crippen LogP contribution in [0.1, 0.15) is 31.1 Å². The molecule has 7 rings (SSSR count). The summed E-state index contributed by atoms with van der Waals surface area (Å²) in [5.41, 5.74) is 5.06. The Kier molecular flexibility index (Phi) is 17.5. The molecule has 12 nitrogen and oxygen atoms in total. The highest BCUT2D eigenvalue weighted by Gasteiger charge is 2.22. The maximum atomic E-state index is 12.3. The standard InChI is InChI=1S/C24H19NO4.C18H15NO.C10H12O5/c1-2-28-23(26)21-15-17-13-14-20(16-22(17)29-24(21)27)25(18-9-5-3-6-10-18)19-11-7-4-8-12-19;20-18-13-7-12-17(14-18)19(15-8-3-1-4-9-15)16-10-5-2-6-11-16;1-4-13-7-8(9(11)14-5-2)10(12)15-6-3/h3-16H,2H2,1H3;1-14,20H;1,7H,5-6H2,2-3H3. The van der Waals surface area contributed by atoms with Crippen molar-refractivity contribution in [3.05, 3.63) is 198 Å². The predicted octanol–water partition coefficient (Wildman–Crippen LogP) is 10.9. The highest BCUT2D eigenvalue weighted by atomic mass is 16.6. The second-order valence-electron chi connectivity index (χ2n) is 13.1. The van der Waals surface area contributed by atoms with Crippen molar-refractivity contribution >= 4 is 63.0 Å². The topological polar surface area (TPSA) is 145 Å².